The number of thioether (sulfide) groups is 1. The molecule has 0 bridgehead atoms. The van der Waals surface area contributed by atoms with Crippen LogP contribution < -0.4 is 5.32 Å². The van der Waals surface area contributed by atoms with E-state index in [1.807, 2.05) is 18.7 Å². The summed E-state index contributed by atoms with van der Waals surface area (Å²) < 4.78 is 13.0. The minimum Gasteiger partial charge on any atom is -0.347 e. The summed E-state index contributed by atoms with van der Waals surface area (Å²) in [6, 6.07) is 0.521. The molecule has 2 heterocycles. The topological polar surface area (TPSA) is 43.4 Å². The van der Waals surface area contributed by atoms with Gasteiger partial charge in [-0.15, -0.1) is 11.3 Å². The molecule has 0 aromatic carbocycles. The Labute approximate surface area is 128 Å². The molecule has 1 aromatic rings. The van der Waals surface area contributed by atoms with Gasteiger partial charge >= 0.3 is 0 Å². The number of nitrogens with zero attached hydrogens (tertiary/aromatic N) is 1. The van der Waals surface area contributed by atoms with Gasteiger partial charge in [-0.25, -0.2) is 4.98 Å². The second-order valence-electron chi connectivity index (χ2n) is 5.43. The Morgan fingerprint density at radius 2 is 2.30 bits per heavy atom. The fourth-order valence-corrected chi connectivity index (χ4v) is 5.45. The molecule has 0 radical (unpaired) electrons. The SMILES string of the molecule is CCNC1CCC2(CC1Sc1nc(C)cs1)OCCO2. The van der Waals surface area contributed by atoms with Crippen molar-refractivity contribution in [1.82, 2.24) is 10.3 Å². The highest BCUT2D eigenvalue weighted by atomic mass is 32.2. The lowest BCUT2D eigenvalue weighted by atomic mass is 9.89. The average Bonchev–Trinajstić information content (AvgIpc) is 3.04. The first-order valence-corrected chi connectivity index (χ1v) is 9.07. The largest absolute Gasteiger partial charge is 0.347 e. The first-order valence-electron chi connectivity index (χ1n) is 7.31. The third kappa shape index (κ3) is 3.20. The third-order valence-corrected chi connectivity index (χ3v) is 6.35. The summed E-state index contributed by atoms with van der Waals surface area (Å²) in [6.07, 6.45) is 3.06. The average molecular weight is 314 g/mol. The van der Waals surface area contributed by atoms with E-state index in [2.05, 4.69) is 22.6 Å². The quantitative estimate of drug-likeness (QED) is 0.926. The summed E-state index contributed by atoms with van der Waals surface area (Å²) in [6.45, 7) is 6.70. The van der Waals surface area contributed by atoms with Gasteiger partial charge in [-0.2, -0.15) is 0 Å². The maximum atomic E-state index is 5.90. The van der Waals surface area contributed by atoms with Gasteiger partial charge in [0.25, 0.3) is 0 Å². The molecule has 112 valence electrons. The van der Waals surface area contributed by atoms with E-state index in [1.165, 1.54) is 0 Å². The summed E-state index contributed by atoms with van der Waals surface area (Å²) in [5.74, 6) is -0.324. The zero-order valence-electron chi connectivity index (χ0n) is 12.1. The van der Waals surface area contributed by atoms with Gasteiger partial charge in [0.1, 0.15) is 4.34 Å². The summed E-state index contributed by atoms with van der Waals surface area (Å²) in [5.41, 5.74) is 1.11. The molecule has 1 saturated carbocycles. The molecule has 1 N–H and O–H groups in total. The summed E-state index contributed by atoms with van der Waals surface area (Å²) >= 11 is 3.62. The van der Waals surface area contributed by atoms with Gasteiger partial charge in [-0.05, 0) is 19.9 Å². The second-order valence-corrected chi connectivity index (χ2v) is 7.77. The number of ether oxygens (including phenoxy) is 2. The number of hydrogen-bond acceptors (Lipinski definition) is 6. The highest BCUT2D eigenvalue weighted by molar-refractivity contribution is 8.01. The van der Waals surface area contributed by atoms with Crippen LogP contribution in [-0.2, 0) is 9.47 Å². The molecule has 20 heavy (non-hydrogen) atoms. The molecular weight excluding hydrogens is 292 g/mol. The van der Waals surface area contributed by atoms with E-state index in [4.69, 9.17) is 9.47 Å². The van der Waals surface area contributed by atoms with E-state index >= 15 is 0 Å². The van der Waals surface area contributed by atoms with Crippen molar-refractivity contribution in [2.45, 2.75) is 54.5 Å². The van der Waals surface area contributed by atoms with E-state index in [0.29, 0.717) is 11.3 Å². The normalized spacial score (nSPS) is 29.1. The molecular formula is C14H22N2O2S2. The number of aromatic nitrogens is 1. The fraction of sp³-hybridized carbons (Fsp3) is 0.786. The van der Waals surface area contributed by atoms with Gasteiger partial charge in [0.2, 0.25) is 0 Å². The van der Waals surface area contributed by atoms with Crippen LogP contribution in [0.25, 0.3) is 0 Å². The zero-order valence-corrected chi connectivity index (χ0v) is 13.7. The first-order chi connectivity index (χ1) is 9.71. The smallest absolute Gasteiger partial charge is 0.169 e. The Morgan fingerprint density at radius 3 is 2.95 bits per heavy atom. The van der Waals surface area contributed by atoms with Gasteiger partial charge in [-0.1, -0.05) is 18.7 Å². The van der Waals surface area contributed by atoms with Gasteiger partial charge in [0, 0.05) is 35.2 Å². The van der Waals surface area contributed by atoms with Crippen LogP contribution in [-0.4, -0.2) is 41.8 Å². The highest BCUT2D eigenvalue weighted by Crippen LogP contribution is 2.43. The molecule has 4 nitrogen and oxygen atoms in total. The predicted molar refractivity (Wildman–Crippen MR) is 82.4 cm³/mol. The fourth-order valence-electron chi connectivity index (χ4n) is 3.01. The van der Waals surface area contributed by atoms with E-state index in [1.54, 1.807) is 11.3 Å². The van der Waals surface area contributed by atoms with Gasteiger partial charge < -0.3 is 14.8 Å². The minimum atomic E-state index is -0.324. The number of hydrogen-bond donors (Lipinski definition) is 1. The zero-order chi connectivity index (χ0) is 14.0. The van der Waals surface area contributed by atoms with Gasteiger partial charge in [0.05, 0.1) is 13.2 Å². The first kappa shape index (κ1) is 14.8. The molecule has 6 heteroatoms. The summed E-state index contributed by atoms with van der Waals surface area (Å²) in [7, 11) is 0. The van der Waals surface area contributed by atoms with Crippen LogP contribution in [0, 0.1) is 6.92 Å². The van der Waals surface area contributed by atoms with Crippen molar-refractivity contribution in [3.05, 3.63) is 11.1 Å². The maximum Gasteiger partial charge on any atom is 0.169 e. The lowest BCUT2D eigenvalue weighted by Gasteiger charge is -2.40. The summed E-state index contributed by atoms with van der Waals surface area (Å²) in [5, 5.41) is 6.19. The lowest BCUT2D eigenvalue weighted by Crippen LogP contribution is -2.49. The van der Waals surface area contributed by atoms with Crippen molar-refractivity contribution < 1.29 is 9.47 Å². The Morgan fingerprint density at radius 1 is 1.50 bits per heavy atom. The Bertz CT molecular complexity index is 446. The summed E-state index contributed by atoms with van der Waals surface area (Å²) in [4.78, 5) is 4.59. The highest BCUT2D eigenvalue weighted by Gasteiger charge is 2.45. The number of rotatable bonds is 4. The molecule has 2 aliphatic rings. The van der Waals surface area contributed by atoms with Crippen molar-refractivity contribution in [3.8, 4) is 0 Å². The molecule has 1 aliphatic heterocycles. The van der Waals surface area contributed by atoms with Crippen LogP contribution >= 0.6 is 23.1 Å². The minimum absolute atomic E-state index is 0.324. The monoisotopic (exact) mass is 314 g/mol. The molecule has 2 atom stereocenters. The van der Waals surface area contributed by atoms with E-state index in [-0.39, 0.29) is 5.79 Å². The van der Waals surface area contributed by atoms with Crippen LogP contribution in [0.1, 0.15) is 31.9 Å². The lowest BCUT2D eigenvalue weighted by molar-refractivity contribution is -0.178. The molecule has 1 aliphatic carbocycles. The molecule has 3 rings (SSSR count). The Balaban J connectivity index is 1.71. The number of nitrogens with one attached hydrogen (secondary N) is 1. The predicted octanol–water partition coefficient (Wildman–Crippen LogP) is 2.82. The van der Waals surface area contributed by atoms with Crippen LogP contribution in [0.5, 0.6) is 0 Å². The van der Waals surface area contributed by atoms with Crippen LogP contribution in [0.3, 0.4) is 0 Å². The van der Waals surface area contributed by atoms with Gasteiger partial charge in [0.15, 0.2) is 5.79 Å². The second kappa shape index (κ2) is 6.32. The van der Waals surface area contributed by atoms with Crippen molar-refractivity contribution in [1.29, 1.82) is 0 Å². The van der Waals surface area contributed by atoms with E-state index in [0.717, 1.165) is 49.1 Å². The van der Waals surface area contributed by atoms with Crippen molar-refractivity contribution in [2.24, 2.45) is 0 Å². The maximum absolute atomic E-state index is 5.90. The standard InChI is InChI=1S/C14H22N2O2S2/c1-3-15-11-4-5-14(17-6-7-18-14)8-12(11)20-13-16-10(2)9-19-13/h9,11-12,15H,3-8H2,1-2H3. The molecule has 2 unspecified atom stereocenters. The molecule has 0 amide bonds. The molecule has 1 aromatic heterocycles. The van der Waals surface area contributed by atoms with E-state index < -0.39 is 0 Å². The van der Waals surface area contributed by atoms with Gasteiger partial charge in [-0.3, -0.25) is 0 Å². The molecule has 1 saturated heterocycles. The van der Waals surface area contributed by atoms with Crippen molar-refractivity contribution in [2.75, 3.05) is 19.8 Å². The number of thiazole rings is 1. The van der Waals surface area contributed by atoms with Crippen LogP contribution in [0.2, 0.25) is 0 Å². The Kier molecular flexibility index (Phi) is 4.67. The van der Waals surface area contributed by atoms with Crippen LogP contribution in [0.4, 0.5) is 0 Å². The molecule has 1 spiro atoms. The van der Waals surface area contributed by atoms with E-state index in [9.17, 15) is 0 Å². The molecule has 2 fully saturated rings. The Hall–Kier alpha value is -0.140. The van der Waals surface area contributed by atoms with Crippen molar-refractivity contribution >= 4 is 23.1 Å². The number of aryl methyl sites for hydroxylation is 1. The third-order valence-electron chi connectivity index (χ3n) is 3.93. The van der Waals surface area contributed by atoms with Crippen LogP contribution in [0.15, 0.2) is 9.72 Å². The van der Waals surface area contributed by atoms with Crippen molar-refractivity contribution in [3.63, 3.8) is 0 Å².